The van der Waals surface area contributed by atoms with Crippen LogP contribution in [-0.4, -0.2) is 34.0 Å². The summed E-state index contributed by atoms with van der Waals surface area (Å²) in [4.78, 5) is 5.23. The Labute approximate surface area is 104 Å². The first kappa shape index (κ1) is 13.7. The lowest BCUT2D eigenvalue weighted by atomic mass is 10.5. The topological polar surface area (TPSA) is 29.0 Å². The maximum absolute atomic E-state index is 12.3. The van der Waals surface area contributed by atoms with E-state index in [0.29, 0.717) is 22.7 Å². The van der Waals surface area contributed by atoms with Gasteiger partial charge in [-0.2, -0.15) is 17.5 Å². The lowest BCUT2D eigenvalue weighted by Crippen LogP contribution is -2.35. The fraction of sp³-hybridized carbons (Fsp3) is 0.750. The molecule has 0 fully saturated rings. The SMILES string of the molecule is CCc1nsc(N(CCBr)CC(F)(F)F)n1. The molecule has 0 atom stereocenters. The summed E-state index contributed by atoms with van der Waals surface area (Å²) in [5, 5.41) is 0.790. The van der Waals surface area contributed by atoms with Crippen LogP contribution in [0.1, 0.15) is 12.7 Å². The fourth-order valence-corrected chi connectivity index (χ4v) is 2.28. The molecule has 0 spiro atoms. The molecule has 1 aromatic rings. The Bertz CT molecular complexity index is 329. The molecule has 0 N–H and O–H groups in total. The van der Waals surface area contributed by atoms with Gasteiger partial charge in [0.1, 0.15) is 12.4 Å². The normalized spacial score (nSPS) is 11.8. The van der Waals surface area contributed by atoms with Crippen LogP contribution in [0.15, 0.2) is 0 Å². The van der Waals surface area contributed by atoms with E-state index in [1.807, 2.05) is 6.92 Å². The minimum absolute atomic E-state index is 0.262. The van der Waals surface area contributed by atoms with E-state index in [-0.39, 0.29) is 6.54 Å². The Hall–Kier alpha value is -0.370. The molecule has 1 aromatic heterocycles. The third-order valence-electron chi connectivity index (χ3n) is 1.77. The zero-order chi connectivity index (χ0) is 12.2. The fourth-order valence-electron chi connectivity index (χ4n) is 1.08. The van der Waals surface area contributed by atoms with Crippen molar-refractivity contribution in [3.63, 3.8) is 0 Å². The molecule has 3 nitrogen and oxygen atoms in total. The van der Waals surface area contributed by atoms with Crippen molar-refractivity contribution in [2.24, 2.45) is 0 Å². The molecule has 1 rings (SSSR count). The third kappa shape index (κ3) is 4.25. The summed E-state index contributed by atoms with van der Waals surface area (Å²) < 4.78 is 40.9. The largest absolute Gasteiger partial charge is 0.406 e. The first-order chi connectivity index (χ1) is 7.46. The molecule has 0 saturated carbocycles. The predicted molar refractivity (Wildman–Crippen MR) is 61.3 cm³/mol. The van der Waals surface area contributed by atoms with Gasteiger partial charge < -0.3 is 4.90 Å². The lowest BCUT2D eigenvalue weighted by molar-refractivity contribution is -0.119. The van der Waals surface area contributed by atoms with E-state index >= 15 is 0 Å². The molecule has 0 aromatic carbocycles. The monoisotopic (exact) mass is 317 g/mol. The molecule has 92 valence electrons. The Morgan fingerprint density at radius 1 is 1.44 bits per heavy atom. The predicted octanol–water partition coefficient (Wildman–Crippen LogP) is 2.86. The maximum Gasteiger partial charge on any atom is 0.406 e. The highest BCUT2D eigenvalue weighted by atomic mass is 79.9. The van der Waals surface area contributed by atoms with E-state index in [2.05, 4.69) is 25.3 Å². The summed E-state index contributed by atoms with van der Waals surface area (Å²) >= 11 is 4.13. The Balaban J connectivity index is 2.76. The van der Waals surface area contributed by atoms with Gasteiger partial charge >= 0.3 is 6.18 Å². The smallest absolute Gasteiger partial charge is 0.337 e. The van der Waals surface area contributed by atoms with Gasteiger partial charge in [0.15, 0.2) is 0 Å². The molecule has 0 amide bonds. The molecule has 8 heteroatoms. The average molecular weight is 318 g/mol. The van der Waals surface area contributed by atoms with Crippen molar-refractivity contribution in [2.75, 3.05) is 23.3 Å². The number of halogens is 4. The highest BCUT2D eigenvalue weighted by Crippen LogP contribution is 2.23. The zero-order valence-electron chi connectivity index (χ0n) is 8.59. The summed E-state index contributed by atoms with van der Waals surface area (Å²) in [5.41, 5.74) is 0. The number of aromatic nitrogens is 2. The molecular formula is C8H11BrF3N3S. The van der Waals surface area contributed by atoms with E-state index in [1.165, 1.54) is 4.90 Å². The first-order valence-corrected chi connectivity index (χ1v) is 6.56. The standard InChI is InChI=1S/C8H11BrF3N3S/c1-2-6-13-7(16-14-6)15(4-3-9)5-8(10,11)12/h2-5H2,1H3. The van der Waals surface area contributed by atoms with Crippen molar-refractivity contribution >= 4 is 32.6 Å². The number of hydrogen-bond donors (Lipinski definition) is 0. The van der Waals surface area contributed by atoms with Gasteiger partial charge in [0.25, 0.3) is 0 Å². The second kappa shape index (κ2) is 5.81. The van der Waals surface area contributed by atoms with E-state index < -0.39 is 12.7 Å². The van der Waals surface area contributed by atoms with Gasteiger partial charge in [0, 0.05) is 29.8 Å². The van der Waals surface area contributed by atoms with Crippen LogP contribution in [0.25, 0.3) is 0 Å². The summed E-state index contributed by atoms with van der Waals surface area (Å²) in [7, 11) is 0. The molecule has 0 radical (unpaired) electrons. The van der Waals surface area contributed by atoms with Gasteiger partial charge in [-0.05, 0) is 0 Å². The molecule has 0 unspecified atom stereocenters. The molecule has 0 aliphatic rings. The number of hydrogen-bond acceptors (Lipinski definition) is 4. The summed E-state index contributed by atoms with van der Waals surface area (Å²) in [6.07, 6.45) is -3.59. The van der Waals surface area contributed by atoms with Crippen molar-refractivity contribution in [3.8, 4) is 0 Å². The Morgan fingerprint density at radius 2 is 2.12 bits per heavy atom. The van der Waals surface area contributed by atoms with Gasteiger partial charge in [-0.25, -0.2) is 4.98 Å². The highest BCUT2D eigenvalue weighted by molar-refractivity contribution is 9.09. The van der Waals surface area contributed by atoms with Crippen LogP contribution in [0.5, 0.6) is 0 Å². The van der Waals surface area contributed by atoms with Crippen molar-refractivity contribution in [3.05, 3.63) is 5.82 Å². The Morgan fingerprint density at radius 3 is 2.56 bits per heavy atom. The summed E-state index contributed by atoms with van der Waals surface area (Å²) in [6, 6.07) is 0. The minimum Gasteiger partial charge on any atom is -0.337 e. The molecule has 0 aliphatic heterocycles. The lowest BCUT2D eigenvalue weighted by Gasteiger charge is -2.21. The van der Waals surface area contributed by atoms with Crippen LogP contribution in [-0.2, 0) is 6.42 Å². The number of nitrogens with zero attached hydrogens (tertiary/aromatic N) is 3. The molecule has 0 aliphatic carbocycles. The van der Waals surface area contributed by atoms with E-state index in [1.54, 1.807) is 0 Å². The second-order valence-electron chi connectivity index (χ2n) is 3.07. The van der Waals surface area contributed by atoms with E-state index in [4.69, 9.17) is 0 Å². The van der Waals surface area contributed by atoms with Gasteiger partial charge in [0.05, 0.1) is 0 Å². The van der Waals surface area contributed by atoms with Crippen molar-refractivity contribution in [2.45, 2.75) is 19.5 Å². The molecule has 0 saturated heterocycles. The van der Waals surface area contributed by atoms with Crippen molar-refractivity contribution < 1.29 is 13.2 Å². The van der Waals surface area contributed by atoms with Crippen molar-refractivity contribution in [1.29, 1.82) is 0 Å². The number of alkyl halides is 4. The van der Waals surface area contributed by atoms with Crippen LogP contribution >= 0.6 is 27.5 Å². The van der Waals surface area contributed by atoms with E-state index in [9.17, 15) is 13.2 Å². The van der Waals surface area contributed by atoms with Gasteiger partial charge in [-0.1, -0.05) is 22.9 Å². The minimum atomic E-state index is -4.22. The number of anilines is 1. The second-order valence-corrected chi connectivity index (χ2v) is 4.60. The van der Waals surface area contributed by atoms with Crippen LogP contribution in [0.2, 0.25) is 0 Å². The van der Waals surface area contributed by atoms with Crippen LogP contribution in [0, 0.1) is 0 Å². The molecule has 16 heavy (non-hydrogen) atoms. The molecular weight excluding hydrogens is 307 g/mol. The Kier molecular flexibility index (Phi) is 4.97. The van der Waals surface area contributed by atoms with Gasteiger partial charge in [-0.3, -0.25) is 0 Å². The van der Waals surface area contributed by atoms with Gasteiger partial charge in [0.2, 0.25) is 5.13 Å². The van der Waals surface area contributed by atoms with E-state index in [0.717, 1.165) is 11.5 Å². The zero-order valence-corrected chi connectivity index (χ0v) is 11.0. The summed E-state index contributed by atoms with van der Waals surface area (Å²) in [6.45, 7) is 1.14. The first-order valence-electron chi connectivity index (χ1n) is 4.66. The summed E-state index contributed by atoms with van der Waals surface area (Å²) in [5.74, 6) is 0.585. The number of aryl methyl sites for hydroxylation is 1. The van der Waals surface area contributed by atoms with Crippen LogP contribution < -0.4 is 4.90 Å². The average Bonchev–Trinajstić information content (AvgIpc) is 2.63. The maximum atomic E-state index is 12.3. The third-order valence-corrected chi connectivity index (χ3v) is 2.94. The van der Waals surface area contributed by atoms with Crippen molar-refractivity contribution in [1.82, 2.24) is 9.36 Å². The number of rotatable bonds is 5. The quantitative estimate of drug-likeness (QED) is 0.782. The highest BCUT2D eigenvalue weighted by Gasteiger charge is 2.31. The van der Waals surface area contributed by atoms with Gasteiger partial charge in [-0.15, -0.1) is 0 Å². The molecule has 1 heterocycles. The molecule has 0 bridgehead atoms. The van der Waals surface area contributed by atoms with Crippen LogP contribution in [0.3, 0.4) is 0 Å². The van der Waals surface area contributed by atoms with Crippen LogP contribution in [0.4, 0.5) is 18.3 Å².